The molecule has 0 N–H and O–H groups in total. The van der Waals surface area contributed by atoms with Gasteiger partial charge in [0.1, 0.15) is 10.9 Å². The van der Waals surface area contributed by atoms with Crippen LogP contribution in [0, 0.1) is 13.8 Å². The number of thiophene rings is 1. The van der Waals surface area contributed by atoms with Gasteiger partial charge in [-0.25, -0.2) is 4.98 Å². The fourth-order valence-corrected chi connectivity index (χ4v) is 5.74. The van der Waals surface area contributed by atoms with E-state index in [9.17, 15) is 4.79 Å². The van der Waals surface area contributed by atoms with Gasteiger partial charge in [-0.3, -0.25) is 9.78 Å². The minimum Gasteiger partial charge on any atom is -0.360 e. The number of hydrogen-bond donors (Lipinski definition) is 0. The molecule has 4 nitrogen and oxygen atoms in total. The molecule has 0 fully saturated rings. The van der Waals surface area contributed by atoms with Crippen LogP contribution in [-0.2, 0) is 22.4 Å². The smallest absolute Gasteiger partial charge is 0.163 e. The molecular formula is C25H30N2O2S. The number of rotatable bonds is 4. The van der Waals surface area contributed by atoms with Crippen LogP contribution in [-0.4, -0.2) is 21.4 Å². The predicted octanol–water partition coefficient (Wildman–Crippen LogP) is 6.30. The number of Topliss-reactive ketones (excluding diaryl/α,β-unsaturated/α-hetero) is 1. The van der Waals surface area contributed by atoms with E-state index in [-0.39, 0.29) is 5.78 Å². The van der Waals surface area contributed by atoms with Crippen LogP contribution in [0.25, 0.3) is 21.3 Å². The van der Waals surface area contributed by atoms with Crippen molar-refractivity contribution in [2.45, 2.75) is 78.9 Å². The Labute approximate surface area is 182 Å². The molecule has 30 heavy (non-hydrogen) atoms. The van der Waals surface area contributed by atoms with Crippen LogP contribution in [0.2, 0.25) is 0 Å². The number of ketones is 1. The molecule has 0 aromatic carbocycles. The van der Waals surface area contributed by atoms with Crippen LogP contribution in [0.15, 0.2) is 18.5 Å². The third-order valence-corrected chi connectivity index (χ3v) is 6.78. The SMILES string of the molecule is CC(=O)C(OC(C)(C)C)c1c(C)nc2sc3c(c2c1-c1cncc(C)c1)CCCC3. The van der Waals surface area contributed by atoms with Crippen LogP contribution in [0.1, 0.15) is 73.9 Å². The first-order chi connectivity index (χ1) is 14.2. The molecule has 0 amide bonds. The molecule has 4 rings (SSSR count). The lowest BCUT2D eigenvalue weighted by atomic mass is 9.87. The molecule has 3 aromatic rings. The van der Waals surface area contributed by atoms with Gasteiger partial charge >= 0.3 is 0 Å². The van der Waals surface area contributed by atoms with Gasteiger partial charge in [0.05, 0.1) is 5.60 Å². The van der Waals surface area contributed by atoms with Crippen molar-refractivity contribution in [2.75, 3.05) is 0 Å². The molecule has 3 aromatic heterocycles. The highest BCUT2D eigenvalue weighted by Gasteiger charge is 2.32. The van der Waals surface area contributed by atoms with Gasteiger partial charge in [0.2, 0.25) is 0 Å². The van der Waals surface area contributed by atoms with E-state index in [0.29, 0.717) is 0 Å². The fraction of sp³-hybridized carbons (Fsp3) is 0.480. The number of pyridine rings is 2. The van der Waals surface area contributed by atoms with Gasteiger partial charge in [-0.1, -0.05) is 0 Å². The van der Waals surface area contributed by atoms with Crippen LogP contribution in [0.3, 0.4) is 0 Å². The van der Waals surface area contributed by atoms with E-state index in [2.05, 4.69) is 18.0 Å². The summed E-state index contributed by atoms with van der Waals surface area (Å²) in [6.07, 6.45) is 7.73. The van der Waals surface area contributed by atoms with Crippen molar-refractivity contribution in [1.82, 2.24) is 9.97 Å². The first-order valence-electron chi connectivity index (χ1n) is 10.7. The zero-order chi connectivity index (χ0) is 21.6. The van der Waals surface area contributed by atoms with E-state index < -0.39 is 11.7 Å². The second kappa shape index (κ2) is 7.86. The third kappa shape index (κ3) is 3.93. The molecule has 0 radical (unpaired) electrons. The second-order valence-corrected chi connectivity index (χ2v) is 10.4. The number of nitrogens with zero attached hydrogens (tertiary/aromatic N) is 2. The average molecular weight is 423 g/mol. The van der Waals surface area contributed by atoms with E-state index in [1.807, 2.05) is 51.4 Å². The van der Waals surface area contributed by atoms with Crippen molar-refractivity contribution in [3.05, 3.63) is 45.7 Å². The number of carbonyl (C=O) groups is 1. The minimum atomic E-state index is -0.656. The van der Waals surface area contributed by atoms with E-state index in [0.717, 1.165) is 45.6 Å². The van der Waals surface area contributed by atoms with Crippen LogP contribution in [0.4, 0.5) is 0 Å². The zero-order valence-electron chi connectivity index (χ0n) is 18.8. The van der Waals surface area contributed by atoms with Gasteiger partial charge in [-0.15, -0.1) is 11.3 Å². The van der Waals surface area contributed by atoms with Gasteiger partial charge < -0.3 is 4.74 Å². The largest absolute Gasteiger partial charge is 0.360 e. The van der Waals surface area contributed by atoms with Gasteiger partial charge in [-0.2, -0.15) is 0 Å². The summed E-state index contributed by atoms with van der Waals surface area (Å²) in [6.45, 7) is 11.6. The first kappa shape index (κ1) is 21.1. The lowest BCUT2D eigenvalue weighted by Gasteiger charge is -2.29. The topological polar surface area (TPSA) is 52.1 Å². The third-order valence-electron chi connectivity index (χ3n) is 5.60. The molecule has 3 heterocycles. The molecule has 0 saturated heterocycles. The van der Waals surface area contributed by atoms with Crippen molar-refractivity contribution >= 4 is 27.3 Å². The maximum absolute atomic E-state index is 12.8. The Bertz CT molecular complexity index is 1120. The summed E-state index contributed by atoms with van der Waals surface area (Å²) in [4.78, 5) is 24.8. The standard InChI is InChI=1S/C25H30N2O2S/c1-14-11-17(13-26-12-14)21-20(23(16(3)28)29-25(4,5)6)15(2)27-24-22(21)18-9-7-8-10-19(18)30-24/h11-13,23H,7-10H2,1-6H3. The fourth-order valence-electron chi connectivity index (χ4n) is 4.43. The summed E-state index contributed by atoms with van der Waals surface area (Å²) in [5.41, 5.74) is 5.93. The van der Waals surface area contributed by atoms with E-state index in [1.54, 1.807) is 6.92 Å². The van der Waals surface area contributed by atoms with Crippen LogP contribution < -0.4 is 0 Å². The van der Waals surface area contributed by atoms with Crippen molar-refractivity contribution in [3.63, 3.8) is 0 Å². The minimum absolute atomic E-state index is 0.000125. The molecule has 1 aliphatic carbocycles. The Balaban J connectivity index is 2.10. The van der Waals surface area contributed by atoms with Crippen molar-refractivity contribution in [1.29, 1.82) is 0 Å². The molecule has 1 aliphatic rings. The number of fused-ring (bicyclic) bond motifs is 3. The average Bonchev–Trinajstić information content (AvgIpc) is 3.02. The number of aromatic nitrogens is 2. The number of carbonyl (C=O) groups excluding carboxylic acids is 1. The summed E-state index contributed by atoms with van der Waals surface area (Å²) in [5.74, 6) is 0.000125. The Hall–Kier alpha value is -2.11. The summed E-state index contributed by atoms with van der Waals surface area (Å²) in [7, 11) is 0. The zero-order valence-corrected chi connectivity index (χ0v) is 19.6. The van der Waals surface area contributed by atoms with E-state index in [4.69, 9.17) is 9.72 Å². The van der Waals surface area contributed by atoms with E-state index >= 15 is 0 Å². The summed E-state index contributed by atoms with van der Waals surface area (Å²) in [5, 5.41) is 1.20. The van der Waals surface area contributed by atoms with Crippen LogP contribution >= 0.6 is 11.3 Å². The highest BCUT2D eigenvalue weighted by Crippen LogP contribution is 2.45. The lowest BCUT2D eigenvalue weighted by Crippen LogP contribution is -2.27. The maximum atomic E-state index is 12.8. The number of ether oxygens (including phenoxy) is 1. The molecule has 1 atom stereocenters. The predicted molar refractivity (Wildman–Crippen MR) is 123 cm³/mol. The van der Waals surface area contributed by atoms with Gasteiger partial charge in [0, 0.05) is 45.0 Å². The van der Waals surface area contributed by atoms with Crippen molar-refractivity contribution < 1.29 is 9.53 Å². The maximum Gasteiger partial charge on any atom is 0.163 e. The quantitative estimate of drug-likeness (QED) is 0.495. The molecule has 0 saturated carbocycles. The Morgan fingerprint density at radius 1 is 1.17 bits per heavy atom. The molecule has 0 bridgehead atoms. The Morgan fingerprint density at radius 2 is 1.90 bits per heavy atom. The second-order valence-electron chi connectivity index (χ2n) is 9.35. The van der Waals surface area contributed by atoms with E-state index in [1.165, 1.54) is 28.7 Å². The highest BCUT2D eigenvalue weighted by molar-refractivity contribution is 7.19. The summed E-state index contributed by atoms with van der Waals surface area (Å²) >= 11 is 1.81. The summed E-state index contributed by atoms with van der Waals surface area (Å²) < 4.78 is 6.32. The van der Waals surface area contributed by atoms with Crippen molar-refractivity contribution in [3.8, 4) is 11.1 Å². The molecule has 5 heteroatoms. The first-order valence-corrected chi connectivity index (χ1v) is 11.5. The van der Waals surface area contributed by atoms with Gasteiger partial charge in [-0.05, 0) is 84.4 Å². The Kier molecular flexibility index (Phi) is 5.54. The molecule has 0 aliphatic heterocycles. The van der Waals surface area contributed by atoms with Crippen molar-refractivity contribution in [2.24, 2.45) is 0 Å². The molecule has 0 spiro atoms. The molecule has 158 valence electrons. The molecular weight excluding hydrogens is 392 g/mol. The van der Waals surface area contributed by atoms with Crippen LogP contribution in [0.5, 0.6) is 0 Å². The monoisotopic (exact) mass is 422 g/mol. The lowest BCUT2D eigenvalue weighted by molar-refractivity contribution is -0.138. The highest BCUT2D eigenvalue weighted by atomic mass is 32.1. The van der Waals surface area contributed by atoms with Gasteiger partial charge in [0.25, 0.3) is 0 Å². The Morgan fingerprint density at radius 3 is 2.57 bits per heavy atom. The number of aryl methyl sites for hydroxylation is 4. The normalized spacial score (nSPS) is 15.3. The summed E-state index contributed by atoms with van der Waals surface area (Å²) in [6, 6.07) is 2.16. The van der Waals surface area contributed by atoms with Gasteiger partial charge in [0.15, 0.2) is 5.78 Å². The molecule has 1 unspecified atom stereocenters. The number of hydrogen-bond acceptors (Lipinski definition) is 5.